The van der Waals surface area contributed by atoms with Crippen molar-refractivity contribution in [1.82, 2.24) is 14.3 Å². The van der Waals surface area contributed by atoms with Gasteiger partial charge in [0.25, 0.3) is 0 Å². The molecule has 2 heterocycles. The highest BCUT2D eigenvalue weighted by Crippen LogP contribution is 2.22. The van der Waals surface area contributed by atoms with Crippen LogP contribution in [0, 0.1) is 19.7 Å². The van der Waals surface area contributed by atoms with Gasteiger partial charge in [-0.25, -0.2) is 9.37 Å². The van der Waals surface area contributed by atoms with E-state index in [2.05, 4.69) is 19.2 Å². The van der Waals surface area contributed by atoms with Gasteiger partial charge in [-0.3, -0.25) is 4.90 Å². The molecule has 1 fully saturated rings. The number of hydrogen-bond acceptors (Lipinski definition) is 6. The third kappa shape index (κ3) is 3.85. The van der Waals surface area contributed by atoms with Crippen LogP contribution in [0.4, 0.5) is 9.52 Å². The standard InChI is InChI=1S/C16H21FN4OS/c1-11-9-13(17)3-4-14(11)15(22)10-20-5-7-21(8-6-20)16-18-12(2)19-23-16/h3-4,9,15,22H,5-8,10H2,1-2H3. The van der Waals surface area contributed by atoms with Crippen LogP contribution in [0.15, 0.2) is 18.2 Å². The lowest BCUT2D eigenvalue weighted by atomic mass is 10.0. The minimum atomic E-state index is -0.592. The van der Waals surface area contributed by atoms with Crippen molar-refractivity contribution in [1.29, 1.82) is 0 Å². The molecule has 124 valence electrons. The number of piperazine rings is 1. The zero-order valence-corrected chi connectivity index (χ0v) is 14.2. The molecule has 1 aliphatic rings. The van der Waals surface area contributed by atoms with Gasteiger partial charge in [0.2, 0.25) is 5.13 Å². The number of aliphatic hydroxyl groups excluding tert-OH is 1. The molecule has 0 saturated carbocycles. The summed E-state index contributed by atoms with van der Waals surface area (Å²) in [6.45, 7) is 7.80. The van der Waals surface area contributed by atoms with E-state index in [1.165, 1.54) is 23.7 Å². The van der Waals surface area contributed by atoms with E-state index in [1.54, 1.807) is 6.07 Å². The van der Waals surface area contributed by atoms with E-state index >= 15 is 0 Å². The maximum atomic E-state index is 13.2. The molecule has 3 rings (SSSR count). The average Bonchev–Trinajstić information content (AvgIpc) is 2.94. The molecule has 1 atom stereocenters. The molecule has 0 radical (unpaired) electrons. The molecule has 1 aliphatic heterocycles. The Kier molecular flexibility index (Phi) is 4.89. The molecular weight excluding hydrogens is 315 g/mol. The number of aliphatic hydroxyl groups is 1. The van der Waals surface area contributed by atoms with Crippen molar-refractivity contribution in [3.8, 4) is 0 Å². The summed E-state index contributed by atoms with van der Waals surface area (Å²) in [5.74, 6) is 0.550. The zero-order chi connectivity index (χ0) is 16.4. The highest BCUT2D eigenvalue weighted by atomic mass is 32.1. The first-order valence-electron chi connectivity index (χ1n) is 7.74. The van der Waals surface area contributed by atoms with Gasteiger partial charge in [-0.2, -0.15) is 4.37 Å². The first-order chi connectivity index (χ1) is 11.0. The molecular formula is C16H21FN4OS. The number of β-amino-alcohol motifs (C(OH)–C–C–N with tert-alkyl or cyclic N) is 1. The van der Waals surface area contributed by atoms with Crippen molar-refractivity contribution in [2.75, 3.05) is 37.6 Å². The summed E-state index contributed by atoms with van der Waals surface area (Å²) in [6, 6.07) is 4.55. The zero-order valence-electron chi connectivity index (χ0n) is 13.4. The van der Waals surface area contributed by atoms with Crippen LogP contribution in [0.3, 0.4) is 0 Å². The van der Waals surface area contributed by atoms with E-state index in [1.807, 2.05) is 13.8 Å². The Labute approximate surface area is 139 Å². The first kappa shape index (κ1) is 16.3. The smallest absolute Gasteiger partial charge is 0.205 e. The highest BCUT2D eigenvalue weighted by Gasteiger charge is 2.22. The van der Waals surface area contributed by atoms with Crippen LogP contribution in [0.1, 0.15) is 23.1 Å². The lowest BCUT2D eigenvalue weighted by Gasteiger charge is -2.35. The molecule has 5 nitrogen and oxygen atoms in total. The summed E-state index contributed by atoms with van der Waals surface area (Å²) in [4.78, 5) is 8.88. The predicted molar refractivity (Wildman–Crippen MR) is 89.4 cm³/mol. The molecule has 0 spiro atoms. The molecule has 0 aliphatic carbocycles. The lowest BCUT2D eigenvalue weighted by molar-refractivity contribution is 0.109. The van der Waals surface area contributed by atoms with Crippen LogP contribution in [0.25, 0.3) is 0 Å². The molecule has 0 amide bonds. The minimum Gasteiger partial charge on any atom is -0.387 e. The lowest BCUT2D eigenvalue weighted by Crippen LogP contribution is -2.47. The van der Waals surface area contributed by atoms with E-state index in [0.29, 0.717) is 6.54 Å². The maximum absolute atomic E-state index is 13.2. The number of rotatable bonds is 4. The molecule has 23 heavy (non-hydrogen) atoms. The number of aryl methyl sites for hydroxylation is 2. The molecule has 1 aromatic carbocycles. The number of anilines is 1. The van der Waals surface area contributed by atoms with Gasteiger partial charge in [-0.1, -0.05) is 6.07 Å². The Morgan fingerprint density at radius 1 is 1.26 bits per heavy atom. The summed E-state index contributed by atoms with van der Waals surface area (Å²) in [5.41, 5.74) is 1.59. The van der Waals surface area contributed by atoms with Gasteiger partial charge in [0.05, 0.1) is 6.10 Å². The van der Waals surface area contributed by atoms with Crippen molar-refractivity contribution in [2.24, 2.45) is 0 Å². The second kappa shape index (κ2) is 6.90. The molecule has 1 aromatic heterocycles. The third-order valence-electron chi connectivity index (χ3n) is 4.18. The fourth-order valence-electron chi connectivity index (χ4n) is 2.89. The molecule has 1 unspecified atom stereocenters. The second-order valence-electron chi connectivity index (χ2n) is 5.93. The van der Waals surface area contributed by atoms with Crippen LogP contribution >= 0.6 is 11.5 Å². The Morgan fingerprint density at radius 2 is 2.00 bits per heavy atom. The van der Waals surface area contributed by atoms with Crippen molar-refractivity contribution in [3.05, 3.63) is 41.0 Å². The summed E-state index contributed by atoms with van der Waals surface area (Å²) >= 11 is 1.43. The molecule has 0 bridgehead atoms. The van der Waals surface area contributed by atoms with Gasteiger partial charge in [-0.05, 0) is 37.1 Å². The Hall–Kier alpha value is -1.57. The number of aromatic nitrogens is 2. The van der Waals surface area contributed by atoms with Gasteiger partial charge >= 0.3 is 0 Å². The quantitative estimate of drug-likeness (QED) is 0.927. The molecule has 1 N–H and O–H groups in total. The SMILES string of the molecule is Cc1nsc(N2CCN(CC(O)c3ccc(F)cc3C)CC2)n1. The van der Waals surface area contributed by atoms with Gasteiger partial charge in [0.1, 0.15) is 11.6 Å². The summed E-state index contributed by atoms with van der Waals surface area (Å²) in [7, 11) is 0. The van der Waals surface area contributed by atoms with Crippen LogP contribution in [0.5, 0.6) is 0 Å². The number of hydrogen-bond donors (Lipinski definition) is 1. The van der Waals surface area contributed by atoms with Crippen molar-refractivity contribution < 1.29 is 9.50 Å². The minimum absolute atomic E-state index is 0.264. The number of halogens is 1. The number of benzene rings is 1. The van der Waals surface area contributed by atoms with Gasteiger partial charge < -0.3 is 10.0 Å². The Balaban J connectivity index is 1.56. The van der Waals surface area contributed by atoms with E-state index in [0.717, 1.165) is 48.3 Å². The molecule has 1 saturated heterocycles. The highest BCUT2D eigenvalue weighted by molar-refractivity contribution is 7.09. The van der Waals surface area contributed by atoms with E-state index < -0.39 is 6.10 Å². The van der Waals surface area contributed by atoms with Crippen LogP contribution in [0.2, 0.25) is 0 Å². The summed E-state index contributed by atoms with van der Waals surface area (Å²) in [5, 5.41) is 11.4. The monoisotopic (exact) mass is 336 g/mol. The van der Waals surface area contributed by atoms with Crippen LogP contribution < -0.4 is 4.90 Å². The van der Waals surface area contributed by atoms with Crippen molar-refractivity contribution >= 4 is 16.7 Å². The van der Waals surface area contributed by atoms with Crippen molar-refractivity contribution in [2.45, 2.75) is 20.0 Å². The molecule has 7 heteroatoms. The Bertz CT molecular complexity index is 670. The predicted octanol–water partition coefficient (Wildman–Crippen LogP) is 2.15. The molecule has 2 aromatic rings. The first-order valence-corrected chi connectivity index (χ1v) is 8.52. The van der Waals surface area contributed by atoms with E-state index in [-0.39, 0.29) is 5.82 Å². The fourth-order valence-corrected chi connectivity index (χ4v) is 3.62. The van der Waals surface area contributed by atoms with Crippen LogP contribution in [-0.2, 0) is 0 Å². The van der Waals surface area contributed by atoms with Crippen molar-refractivity contribution in [3.63, 3.8) is 0 Å². The van der Waals surface area contributed by atoms with E-state index in [9.17, 15) is 9.50 Å². The van der Waals surface area contributed by atoms with Gasteiger partial charge in [-0.15, -0.1) is 0 Å². The largest absolute Gasteiger partial charge is 0.387 e. The van der Waals surface area contributed by atoms with Gasteiger partial charge in [0, 0.05) is 44.3 Å². The van der Waals surface area contributed by atoms with Crippen LogP contribution in [-0.4, -0.2) is 52.1 Å². The summed E-state index contributed by atoms with van der Waals surface area (Å²) in [6.07, 6.45) is -0.592. The third-order valence-corrected chi connectivity index (χ3v) is 5.05. The van der Waals surface area contributed by atoms with Gasteiger partial charge in [0.15, 0.2) is 0 Å². The number of nitrogens with zero attached hydrogens (tertiary/aromatic N) is 4. The average molecular weight is 336 g/mol. The normalized spacial score (nSPS) is 17.5. The second-order valence-corrected chi connectivity index (χ2v) is 6.66. The van der Waals surface area contributed by atoms with E-state index in [4.69, 9.17) is 0 Å². The fraction of sp³-hybridized carbons (Fsp3) is 0.500. The topological polar surface area (TPSA) is 52.5 Å². The maximum Gasteiger partial charge on any atom is 0.205 e. The Morgan fingerprint density at radius 3 is 2.61 bits per heavy atom. The summed E-state index contributed by atoms with van der Waals surface area (Å²) < 4.78 is 17.4.